The third-order valence-corrected chi connectivity index (χ3v) is 4.21. The van der Waals surface area contributed by atoms with Gasteiger partial charge >= 0.3 is 0 Å². The van der Waals surface area contributed by atoms with Gasteiger partial charge in [-0.15, -0.1) is 0 Å². The van der Waals surface area contributed by atoms with Gasteiger partial charge in [-0.05, 0) is 37.9 Å². The molecule has 1 heterocycles. The van der Waals surface area contributed by atoms with E-state index in [1.165, 1.54) is 0 Å². The summed E-state index contributed by atoms with van der Waals surface area (Å²) < 4.78 is 0. The minimum absolute atomic E-state index is 0.115. The SMILES string of the molecule is CCC(O)CN1CCC(C(=O)NCc2ccccc2)CC1. The number of benzene rings is 1. The van der Waals surface area contributed by atoms with Crippen molar-refractivity contribution in [1.29, 1.82) is 0 Å². The number of nitrogens with one attached hydrogen (secondary N) is 1. The van der Waals surface area contributed by atoms with Gasteiger partial charge in [-0.2, -0.15) is 0 Å². The Labute approximate surface area is 127 Å². The third kappa shape index (κ3) is 5.14. The van der Waals surface area contributed by atoms with E-state index >= 15 is 0 Å². The molecular formula is C17H26N2O2. The van der Waals surface area contributed by atoms with Gasteiger partial charge in [0.1, 0.15) is 0 Å². The lowest BCUT2D eigenvalue weighted by Gasteiger charge is -2.32. The number of hydrogen-bond donors (Lipinski definition) is 2. The Morgan fingerprint density at radius 2 is 2.00 bits per heavy atom. The number of rotatable bonds is 6. The van der Waals surface area contributed by atoms with Gasteiger partial charge in [0.05, 0.1) is 6.10 Å². The molecule has 0 spiro atoms. The molecule has 1 atom stereocenters. The standard InChI is InChI=1S/C17H26N2O2/c1-2-16(20)13-19-10-8-15(9-11-19)17(21)18-12-14-6-4-3-5-7-14/h3-7,15-16,20H,2,8-13H2,1H3,(H,18,21). The number of β-amino-alcohol motifs (C(OH)–C–C–N with tert-alkyl or cyclic N) is 1. The molecule has 1 fully saturated rings. The monoisotopic (exact) mass is 290 g/mol. The summed E-state index contributed by atoms with van der Waals surface area (Å²) >= 11 is 0. The zero-order chi connectivity index (χ0) is 15.1. The van der Waals surface area contributed by atoms with Gasteiger partial charge < -0.3 is 15.3 Å². The Hall–Kier alpha value is -1.39. The molecule has 4 heteroatoms. The summed E-state index contributed by atoms with van der Waals surface area (Å²) in [6.07, 6.45) is 2.32. The van der Waals surface area contributed by atoms with E-state index in [2.05, 4.69) is 10.2 Å². The van der Waals surface area contributed by atoms with E-state index in [0.29, 0.717) is 6.54 Å². The van der Waals surface area contributed by atoms with E-state index in [0.717, 1.165) is 44.5 Å². The Kier molecular flexibility index (Phi) is 6.21. The van der Waals surface area contributed by atoms with Crippen molar-refractivity contribution in [3.63, 3.8) is 0 Å². The minimum atomic E-state index is -0.242. The van der Waals surface area contributed by atoms with Crippen LogP contribution in [0.25, 0.3) is 0 Å². The zero-order valence-electron chi connectivity index (χ0n) is 12.8. The molecule has 0 saturated carbocycles. The number of carbonyl (C=O) groups excluding carboxylic acids is 1. The van der Waals surface area contributed by atoms with Gasteiger partial charge in [-0.3, -0.25) is 4.79 Å². The Morgan fingerprint density at radius 1 is 1.33 bits per heavy atom. The Morgan fingerprint density at radius 3 is 2.62 bits per heavy atom. The molecule has 21 heavy (non-hydrogen) atoms. The predicted octanol–water partition coefficient (Wildman–Crippen LogP) is 1.79. The normalized spacial score (nSPS) is 18.4. The van der Waals surface area contributed by atoms with Gasteiger partial charge in [0, 0.05) is 19.0 Å². The lowest BCUT2D eigenvalue weighted by Crippen LogP contribution is -2.42. The van der Waals surface area contributed by atoms with Crippen LogP contribution in [-0.2, 0) is 11.3 Å². The van der Waals surface area contributed by atoms with Crippen molar-refractivity contribution >= 4 is 5.91 Å². The molecule has 1 aliphatic heterocycles. The summed E-state index contributed by atoms with van der Waals surface area (Å²) in [5.74, 6) is 0.276. The van der Waals surface area contributed by atoms with Crippen molar-refractivity contribution < 1.29 is 9.90 Å². The number of carbonyl (C=O) groups is 1. The number of hydrogen-bond acceptors (Lipinski definition) is 3. The molecule has 2 rings (SSSR count). The van der Waals surface area contributed by atoms with Crippen LogP contribution in [0.2, 0.25) is 0 Å². The van der Waals surface area contributed by atoms with E-state index in [1.54, 1.807) is 0 Å². The number of amides is 1. The molecule has 0 aromatic heterocycles. The van der Waals surface area contributed by atoms with Crippen LogP contribution >= 0.6 is 0 Å². The average molecular weight is 290 g/mol. The second-order valence-electron chi connectivity index (χ2n) is 5.84. The van der Waals surface area contributed by atoms with Crippen molar-refractivity contribution in [1.82, 2.24) is 10.2 Å². The highest BCUT2D eigenvalue weighted by Crippen LogP contribution is 2.18. The fourth-order valence-electron chi connectivity index (χ4n) is 2.73. The Balaban J connectivity index is 1.70. The Bertz CT molecular complexity index is 428. The first-order valence-electron chi connectivity index (χ1n) is 7.91. The number of likely N-dealkylation sites (tertiary alicyclic amines) is 1. The number of piperidine rings is 1. The van der Waals surface area contributed by atoms with Crippen LogP contribution in [0.15, 0.2) is 30.3 Å². The fourth-order valence-corrected chi connectivity index (χ4v) is 2.73. The molecule has 1 aliphatic rings. The van der Waals surface area contributed by atoms with Crippen LogP contribution in [0.4, 0.5) is 0 Å². The van der Waals surface area contributed by atoms with E-state index in [4.69, 9.17) is 0 Å². The van der Waals surface area contributed by atoms with Crippen molar-refractivity contribution in [2.24, 2.45) is 5.92 Å². The lowest BCUT2D eigenvalue weighted by molar-refractivity contribution is -0.126. The summed E-state index contributed by atoms with van der Waals surface area (Å²) in [5, 5.41) is 12.7. The topological polar surface area (TPSA) is 52.6 Å². The molecule has 1 amide bonds. The molecule has 4 nitrogen and oxygen atoms in total. The van der Waals surface area contributed by atoms with E-state index in [9.17, 15) is 9.90 Å². The molecule has 0 bridgehead atoms. The highest BCUT2D eigenvalue weighted by Gasteiger charge is 2.25. The van der Waals surface area contributed by atoms with Crippen LogP contribution in [0.1, 0.15) is 31.7 Å². The number of aliphatic hydroxyl groups is 1. The second kappa shape index (κ2) is 8.15. The summed E-state index contributed by atoms with van der Waals surface area (Å²) in [4.78, 5) is 14.4. The smallest absolute Gasteiger partial charge is 0.223 e. The second-order valence-corrected chi connectivity index (χ2v) is 5.84. The zero-order valence-corrected chi connectivity index (χ0v) is 12.8. The highest BCUT2D eigenvalue weighted by molar-refractivity contribution is 5.78. The molecule has 0 aliphatic carbocycles. The van der Waals surface area contributed by atoms with Crippen LogP contribution in [0, 0.1) is 5.92 Å². The molecule has 1 saturated heterocycles. The van der Waals surface area contributed by atoms with Gasteiger partial charge in [0.15, 0.2) is 0 Å². The maximum Gasteiger partial charge on any atom is 0.223 e. The van der Waals surface area contributed by atoms with Crippen molar-refractivity contribution in [3.05, 3.63) is 35.9 Å². The quantitative estimate of drug-likeness (QED) is 0.840. The average Bonchev–Trinajstić information content (AvgIpc) is 2.54. The summed E-state index contributed by atoms with van der Waals surface area (Å²) in [7, 11) is 0. The molecule has 0 radical (unpaired) electrons. The van der Waals surface area contributed by atoms with Crippen LogP contribution in [0.3, 0.4) is 0 Å². The number of aliphatic hydroxyl groups excluding tert-OH is 1. The predicted molar refractivity (Wildman–Crippen MR) is 83.8 cm³/mol. The third-order valence-electron chi connectivity index (χ3n) is 4.21. The molecular weight excluding hydrogens is 264 g/mol. The molecule has 1 aromatic carbocycles. The van der Waals surface area contributed by atoms with Crippen molar-refractivity contribution in [2.45, 2.75) is 38.8 Å². The van der Waals surface area contributed by atoms with Crippen molar-refractivity contribution in [2.75, 3.05) is 19.6 Å². The summed E-state index contributed by atoms with van der Waals surface area (Å²) in [5.41, 5.74) is 1.13. The largest absolute Gasteiger partial charge is 0.392 e. The van der Waals surface area contributed by atoms with Crippen LogP contribution in [-0.4, -0.2) is 41.7 Å². The first-order valence-corrected chi connectivity index (χ1v) is 7.91. The highest BCUT2D eigenvalue weighted by atomic mass is 16.3. The molecule has 1 aromatic rings. The maximum atomic E-state index is 12.2. The van der Waals surface area contributed by atoms with Crippen LogP contribution < -0.4 is 5.32 Å². The van der Waals surface area contributed by atoms with E-state index in [-0.39, 0.29) is 17.9 Å². The fraction of sp³-hybridized carbons (Fsp3) is 0.588. The first-order chi connectivity index (χ1) is 10.2. The first kappa shape index (κ1) is 16.0. The van der Waals surface area contributed by atoms with Gasteiger partial charge in [0.25, 0.3) is 0 Å². The van der Waals surface area contributed by atoms with E-state index in [1.807, 2.05) is 37.3 Å². The van der Waals surface area contributed by atoms with Gasteiger partial charge in [-0.1, -0.05) is 37.3 Å². The molecule has 116 valence electrons. The molecule has 2 N–H and O–H groups in total. The maximum absolute atomic E-state index is 12.2. The van der Waals surface area contributed by atoms with Crippen molar-refractivity contribution in [3.8, 4) is 0 Å². The van der Waals surface area contributed by atoms with Crippen LogP contribution in [0.5, 0.6) is 0 Å². The number of nitrogens with zero attached hydrogens (tertiary/aromatic N) is 1. The van der Waals surface area contributed by atoms with Gasteiger partial charge in [-0.25, -0.2) is 0 Å². The molecule has 1 unspecified atom stereocenters. The lowest BCUT2D eigenvalue weighted by atomic mass is 9.95. The van der Waals surface area contributed by atoms with E-state index < -0.39 is 0 Å². The van der Waals surface area contributed by atoms with Gasteiger partial charge in [0.2, 0.25) is 5.91 Å². The summed E-state index contributed by atoms with van der Waals surface area (Å²) in [6.45, 7) is 5.14. The summed E-state index contributed by atoms with van der Waals surface area (Å²) in [6, 6.07) is 9.99. The minimum Gasteiger partial charge on any atom is -0.392 e.